The molecule has 0 aromatic carbocycles. The van der Waals surface area contributed by atoms with Gasteiger partial charge in [0.2, 0.25) is 0 Å². The molecule has 4 radical (unpaired) electrons. The first-order chi connectivity index (χ1) is 22.3. The molecule has 3 fully saturated rings. The molecule has 3 saturated heterocycles. The molecule has 3 aliphatic heterocycles. The van der Waals surface area contributed by atoms with Crippen LogP contribution >= 0.6 is 20.2 Å². The predicted molar refractivity (Wildman–Crippen MR) is 182 cm³/mol. The van der Waals surface area contributed by atoms with Crippen molar-refractivity contribution < 1.29 is 69.9 Å². The molecule has 3 heterocycles. The van der Waals surface area contributed by atoms with E-state index in [4.69, 9.17) is 117 Å². The largest absolute Gasteiger partial charge is 0.382 e. The first-order valence-corrected chi connectivity index (χ1v) is 22.6. The quantitative estimate of drug-likeness (QED) is 0.0697. The lowest BCUT2D eigenvalue weighted by molar-refractivity contribution is -0.0265. The van der Waals surface area contributed by atoms with E-state index in [9.17, 15) is 9.79 Å². The van der Waals surface area contributed by atoms with Crippen LogP contribution in [0, 0.1) is 0 Å². The van der Waals surface area contributed by atoms with Crippen molar-refractivity contribution in [2.24, 2.45) is 5.73 Å². The lowest BCUT2D eigenvalue weighted by atomic mass is 9.96. The third-order valence-electron chi connectivity index (χ3n) is 6.88. The zero-order chi connectivity index (χ0) is 34.5. The van der Waals surface area contributed by atoms with Crippen LogP contribution in [-0.4, -0.2) is 154 Å². The fourth-order valence-corrected chi connectivity index (χ4v) is 9.30. The van der Waals surface area contributed by atoms with Crippen LogP contribution in [0.3, 0.4) is 0 Å². The summed E-state index contributed by atoms with van der Waals surface area (Å²) in [6.07, 6.45) is -3.03. The molecule has 11 atom stereocenters. The summed E-state index contributed by atoms with van der Waals surface area (Å²) in [6, 6.07) is -1.45. The monoisotopic (exact) mass is 785 g/mol. The van der Waals surface area contributed by atoms with Gasteiger partial charge in [-0.05, 0) is 48.3 Å². The van der Waals surface area contributed by atoms with Crippen molar-refractivity contribution >= 4 is 71.3 Å². The summed E-state index contributed by atoms with van der Waals surface area (Å²) in [6.45, 7) is -8.83. The summed E-state index contributed by atoms with van der Waals surface area (Å²) < 4.78 is 73.1. The molecule has 3 aliphatic rings. The maximum atomic E-state index is 10.8. The Hall–Kier alpha value is 1.44. The molecule has 47 heavy (non-hydrogen) atoms. The average molecular weight is 785 g/mol. The highest BCUT2D eigenvalue weighted by Gasteiger charge is 2.43. The number of nitrogens with two attached hydrogens (primary N) is 1. The average Bonchev–Trinajstić information content (AvgIpc) is 3.69. The zero-order valence-electron chi connectivity index (χ0n) is 26.3. The predicted octanol–water partition coefficient (Wildman–Crippen LogP) is 0.491. The van der Waals surface area contributed by atoms with E-state index in [2.05, 4.69) is 0 Å². The summed E-state index contributed by atoms with van der Waals surface area (Å²) in [7, 11) is 14.8. The van der Waals surface area contributed by atoms with Crippen LogP contribution in [0.25, 0.3) is 0 Å². The zero-order valence-corrected chi connectivity index (χ0v) is 31.4. The fraction of sp³-hybridized carbons (Fsp3) is 1.00. The van der Waals surface area contributed by atoms with Crippen molar-refractivity contribution in [1.29, 1.82) is 0 Å². The van der Waals surface area contributed by atoms with Crippen LogP contribution in [-0.2, 0) is 95.5 Å². The van der Waals surface area contributed by atoms with E-state index < -0.39 is 62.7 Å². The van der Waals surface area contributed by atoms with E-state index in [0.29, 0.717) is 39.4 Å². The molecular weight excluding hydrogens is 741 g/mol. The topological polar surface area (TPSA) is 186 Å². The molecule has 0 saturated carbocycles. The molecular formula is C23H44B2NO15P3S3. The number of hydrogen-bond acceptors (Lipinski definition) is 17. The van der Waals surface area contributed by atoms with Crippen molar-refractivity contribution in [3.05, 3.63) is 0 Å². The Labute approximate surface area is 294 Å². The highest BCUT2D eigenvalue weighted by Crippen LogP contribution is 2.54. The molecule has 11 unspecified atom stereocenters. The number of rotatable bonds is 24. The van der Waals surface area contributed by atoms with Gasteiger partial charge in [-0.25, -0.2) is 0 Å². The highest BCUT2D eigenvalue weighted by atomic mass is 32.5. The van der Waals surface area contributed by atoms with Gasteiger partial charge < -0.3 is 75.6 Å². The Morgan fingerprint density at radius 1 is 0.723 bits per heavy atom. The Morgan fingerprint density at radius 3 is 1.91 bits per heavy atom. The molecule has 0 spiro atoms. The van der Waals surface area contributed by atoms with Gasteiger partial charge in [0.1, 0.15) is 34.0 Å². The molecule has 16 nitrogen and oxygen atoms in total. The van der Waals surface area contributed by atoms with Crippen LogP contribution in [0.2, 0.25) is 0 Å². The number of hydrogen-bond donors (Lipinski definition) is 3. The Morgan fingerprint density at radius 2 is 1.30 bits per heavy atom. The molecule has 0 bridgehead atoms. The van der Waals surface area contributed by atoms with Crippen LogP contribution in [0.1, 0.15) is 19.3 Å². The van der Waals surface area contributed by atoms with Gasteiger partial charge in [-0.2, -0.15) is 0 Å². The highest BCUT2D eigenvalue weighted by molar-refractivity contribution is 8.08. The van der Waals surface area contributed by atoms with Crippen molar-refractivity contribution in [3.8, 4) is 0 Å². The van der Waals surface area contributed by atoms with Crippen molar-refractivity contribution in [2.75, 3.05) is 80.2 Å². The van der Waals surface area contributed by atoms with Gasteiger partial charge in [-0.15, -0.1) is 0 Å². The van der Waals surface area contributed by atoms with Gasteiger partial charge in [-0.1, -0.05) is 0 Å². The molecule has 24 heteroatoms. The van der Waals surface area contributed by atoms with Crippen molar-refractivity contribution in [1.82, 2.24) is 0 Å². The van der Waals surface area contributed by atoms with Gasteiger partial charge in [0.05, 0.1) is 71.2 Å². The van der Waals surface area contributed by atoms with Crippen LogP contribution in [0.5, 0.6) is 0 Å². The van der Waals surface area contributed by atoms with Gasteiger partial charge in [0.25, 0.3) is 0 Å². The first-order valence-electron chi connectivity index (χ1n) is 14.9. The van der Waals surface area contributed by atoms with E-state index in [1.54, 1.807) is 0 Å². The third kappa shape index (κ3) is 15.5. The fourth-order valence-electron chi connectivity index (χ4n) is 4.71. The van der Waals surface area contributed by atoms with Gasteiger partial charge in [0, 0.05) is 45.8 Å². The van der Waals surface area contributed by atoms with Crippen LogP contribution in [0.15, 0.2) is 0 Å². The molecule has 0 aromatic heterocycles. The summed E-state index contributed by atoms with van der Waals surface area (Å²) in [4.78, 5) is 21.0. The Kier molecular flexibility index (Phi) is 19.3. The standard InChI is InChI=1S/C23H44B2NO15P3S3/c1-29-13-19-16(3-5-33-19)39-43(28,46)35-14-20-18(12-23(25)37-20)41-44(47,34-10-9-32-8-7-31-6-4-26)36-15-21-17(11-22(24)38-21)40-42(27,45)30-2/h16-23H,3-15,26H2,1-2H3,(H,27,45)(H,28,46). The Balaban J connectivity index is 1.63. The molecule has 4 N–H and O–H groups in total. The van der Waals surface area contributed by atoms with Gasteiger partial charge >= 0.3 is 20.2 Å². The van der Waals surface area contributed by atoms with Crippen LogP contribution < -0.4 is 5.73 Å². The van der Waals surface area contributed by atoms with E-state index in [1.807, 2.05) is 0 Å². The minimum absolute atomic E-state index is 0.0123. The Bertz CT molecular complexity index is 1080. The summed E-state index contributed by atoms with van der Waals surface area (Å²) >= 11 is 16.0. The lowest BCUT2D eigenvalue weighted by Crippen LogP contribution is -2.31. The van der Waals surface area contributed by atoms with Gasteiger partial charge in [-0.3, -0.25) is 0 Å². The number of ether oxygens (including phenoxy) is 6. The second-order valence-corrected chi connectivity index (χ2v) is 19.1. The summed E-state index contributed by atoms with van der Waals surface area (Å²) in [5.74, 6) is 0. The smallest absolute Gasteiger partial charge is 0.327 e. The second-order valence-electron chi connectivity index (χ2n) is 10.5. The second kappa shape index (κ2) is 21.2. The lowest BCUT2D eigenvalue weighted by Gasteiger charge is -2.30. The minimum atomic E-state index is -3.72. The summed E-state index contributed by atoms with van der Waals surface area (Å²) in [5.41, 5.74) is 5.42. The number of methoxy groups -OCH3 is 1. The van der Waals surface area contributed by atoms with E-state index in [0.717, 1.165) is 0 Å². The molecule has 270 valence electrons. The maximum Gasteiger partial charge on any atom is 0.327 e. The molecule has 0 aliphatic carbocycles. The van der Waals surface area contributed by atoms with Crippen LogP contribution in [0.4, 0.5) is 0 Å². The third-order valence-corrected chi connectivity index (χ3v) is 12.6. The van der Waals surface area contributed by atoms with Gasteiger partial charge in [0.15, 0.2) is 0 Å². The minimum Gasteiger partial charge on any atom is -0.382 e. The normalized spacial score (nSPS) is 33.5. The molecule has 0 aromatic rings. The SMILES string of the molecule is [B]C1CC(OP(O)(=S)OC)C(COP(=S)(OCCOCCOCCN)OC2CC([B])OC2COP(O)(=S)OC2CCOC2COC)O1. The van der Waals surface area contributed by atoms with Crippen molar-refractivity contribution in [3.63, 3.8) is 0 Å². The first kappa shape index (κ1) is 42.8. The van der Waals surface area contributed by atoms with E-state index in [-0.39, 0.29) is 52.0 Å². The molecule has 3 rings (SSSR count). The van der Waals surface area contributed by atoms with E-state index >= 15 is 0 Å². The summed E-state index contributed by atoms with van der Waals surface area (Å²) in [5, 5.41) is 0. The molecule has 0 amide bonds. The van der Waals surface area contributed by atoms with E-state index in [1.165, 1.54) is 14.2 Å². The maximum absolute atomic E-state index is 10.8. The van der Waals surface area contributed by atoms with Crippen molar-refractivity contribution in [2.45, 2.75) is 67.9 Å².